The molecule has 0 radical (unpaired) electrons. The van der Waals surface area contributed by atoms with E-state index >= 15 is 0 Å². The summed E-state index contributed by atoms with van der Waals surface area (Å²) in [5.41, 5.74) is 0.883. The molecular weight excluding hydrogens is 348 g/mol. The Morgan fingerprint density at radius 3 is 2.55 bits per heavy atom. The lowest BCUT2D eigenvalue weighted by molar-refractivity contribution is -0.119. The van der Waals surface area contributed by atoms with Crippen LogP contribution in [0.5, 0.6) is 0 Å². The average Bonchev–Trinajstić information content (AvgIpc) is 2.97. The number of carbonyl (C=O) groups is 2. The smallest absolute Gasteiger partial charge is 0.287 e. The van der Waals surface area contributed by atoms with Gasteiger partial charge in [0.15, 0.2) is 10.4 Å². The molecule has 0 aliphatic carbocycles. The van der Waals surface area contributed by atoms with E-state index in [0.29, 0.717) is 4.67 Å². The van der Waals surface area contributed by atoms with Crippen LogP contribution in [0.1, 0.15) is 16.1 Å². The molecule has 22 heavy (non-hydrogen) atoms. The maximum atomic E-state index is 11.6. The Bertz CT molecular complexity index is 714. The number of rotatable bonds is 4. The van der Waals surface area contributed by atoms with Crippen LogP contribution >= 0.6 is 15.9 Å². The first kappa shape index (κ1) is 15.9. The van der Waals surface area contributed by atoms with Crippen LogP contribution in [-0.2, 0) is 4.79 Å². The zero-order chi connectivity index (χ0) is 15.8. The number of halogens is 1. The van der Waals surface area contributed by atoms with Crippen LogP contribution in [0.3, 0.4) is 0 Å². The number of hydrogen-bond acceptors (Lipinski definition) is 3. The van der Waals surface area contributed by atoms with Gasteiger partial charge in [-0.2, -0.15) is 0 Å². The summed E-state index contributed by atoms with van der Waals surface area (Å²) in [6, 6.07) is 12.6. The predicted octanol–water partition coefficient (Wildman–Crippen LogP) is 1.94. The topological polar surface area (TPSA) is 71.3 Å². The highest BCUT2D eigenvalue weighted by molar-refractivity contribution is 9.10. The molecule has 0 aliphatic heterocycles. The van der Waals surface area contributed by atoms with Gasteiger partial charge in [-0.05, 0) is 40.2 Å². The van der Waals surface area contributed by atoms with Crippen LogP contribution in [0.4, 0.5) is 0 Å². The maximum Gasteiger partial charge on any atom is 0.287 e. The molecule has 0 spiro atoms. The van der Waals surface area contributed by atoms with E-state index in [9.17, 15) is 9.59 Å². The Kier molecular flexibility index (Phi) is 5.81. The Hall–Kier alpha value is -2.52. The van der Waals surface area contributed by atoms with Gasteiger partial charge in [-0.15, -0.1) is 0 Å². The van der Waals surface area contributed by atoms with Crippen molar-refractivity contribution in [2.24, 2.45) is 0 Å². The molecule has 0 unspecified atom stereocenters. The zero-order valence-corrected chi connectivity index (χ0v) is 13.1. The summed E-state index contributed by atoms with van der Waals surface area (Å²) >= 11 is 3.10. The third-order valence-corrected chi connectivity index (χ3v) is 3.01. The molecule has 112 valence electrons. The van der Waals surface area contributed by atoms with Crippen molar-refractivity contribution in [3.63, 3.8) is 0 Å². The molecule has 0 saturated carbocycles. The summed E-state index contributed by atoms with van der Waals surface area (Å²) in [4.78, 5) is 23.2. The first-order valence-electron chi connectivity index (χ1n) is 6.49. The van der Waals surface area contributed by atoms with Crippen LogP contribution in [0.2, 0.25) is 0 Å². The van der Waals surface area contributed by atoms with Crippen molar-refractivity contribution in [1.29, 1.82) is 0 Å². The number of benzene rings is 1. The molecule has 0 atom stereocenters. The lowest BCUT2D eigenvalue weighted by Gasteiger charge is -2.02. The second kappa shape index (κ2) is 8.05. The summed E-state index contributed by atoms with van der Waals surface area (Å²) in [6.07, 6.45) is 0. The van der Waals surface area contributed by atoms with Crippen molar-refractivity contribution in [3.05, 3.63) is 58.5 Å². The average molecular weight is 361 g/mol. The first-order valence-corrected chi connectivity index (χ1v) is 7.28. The van der Waals surface area contributed by atoms with E-state index in [1.165, 1.54) is 6.07 Å². The van der Waals surface area contributed by atoms with Crippen molar-refractivity contribution in [1.82, 2.24) is 10.6 Å². The number of carbonyl (C=O) groups excluding carboxylic acids is 2. The second-order valence-corrected chi connectivity index (χ2v) is 5.01. The summed E-state index contributed by atoms with van der Waals surface area (Å²) in [5, 5.41) is 5.05. The fraction of sp³-hybridized carbons (Fsp3) is 0.125. The molecule has 2 aromatic rings. The quantitative estimate of drug-likeness (QED) is 0.818. The molecule has 5 nitrogen and oxygen atoms in total. The predicted molar refractivity (Wildman–Crippen MR) is 85.1 cm³/mol. The van der Waals surface area contributed by atoms with E-state index in [2.05, 4.69) is 38.4 Å². The highest BCUT2D eigenvalue weighted by atomic mass is 79.9. The standard InChI is InChI=1S/C16H13BrN2O3/c17-14-9-8-13(22-14)16(21)19-11-15(20)18-10-4-7-12-5-2-1-3-6-12/h1-3,5-6,8-9H,10-11H2,(H,18,20)(H,19,21). The first-order chi connectivity index (χ1) is 10.6. The summed E-state index contributed by atoms with van der Waals surface area (Å²) in [7, 11) is 0. The van der Waals surface area contributed by atoms with Crippen molar-refractivity contribution >= 4 is 27.7 Å². The molecule has 6 heteroatoms. The molecule has 2 N–H and O–H groups in total. The molecule has 0 bridgehead atoms. The molecule has 0 saturated heterocycles. The second-order valence-electron chi connectivity index (χ2n) is 4.23. The molecule has 1 heterocycles. The highest BCUT2D eigenvalue weighted by Crippen LogP contribution is 2.13. The van der Waals surface area contributed by atoms with Gasteiger partial charge < -0.3 is 15.1 Å². The SMILES string of the molecule is O=C(CNC(=O)c1ccc(Br)o1)NCC#Cc1ccccc1. The van der Waals surface area contributed by atoms with Gasteiger partial charge in [0.2, 0.25) is 5.91 Å². The zero-order valence-electron chi connectivity index (χ0n) is 11.6. The number of amides is 2. The van der Waals surface area contributed by atoms with Crippen LogP contribution in [0.25, 0.3) is 0 Å². The minimum Gasteiger partial charge on any atom is -0.444 e. The van der Waals surface area contributed by atoms with Gasteiger partial charge in [0.25, 0.3) is 5.91 Å². The summed E-state index contributed by atoms with van der Waals surface area (Å²) < 4.78 is 5.53. The minimum atomic E-state index is -0.448. The van der Waals surface area contributed by atoms with Gasteiger partial charge in [0, 0.05) is 5.56 Å². The van der Waals surface area contributed by atoms with Crippen LogP contribution < -0.4 is 10.6 Å². The summed E-state index contributed by atoms with van der Waals surface area (Å²) in [5.74, 6) is 5.13. The fourth-order valence-electron chi connectivity index (χ4n) is 1.56. The number of hydrogen-bond donors (Lipinski definition) is 2. The van der Waals surface area contributed by atoms with Crippen LogP contribution in [-0.4, -0.2) is 24.9 Å². The van der Waals surface area contributed by atoms with Gasteiger partial charge in [-0.1, -0.05) is 30.0 Å². The Morgan fingerprint density at radius 2 is 1.86 bits per heavy atom. The van der Waals surface area contributed by atoms with Gasteiger partial charge in [-0.3, -0.25) is 9.59 Å². The van der Waals surface area contributed by atoms with Crippen LogP contribution in [0.15, 0.2) is 51.6 Å². The lowest BCUT2D eigenvalue weighted by atomic mass is 10.2. The fourth-order valence-corrected chi connectivity index (χ4v) is 1.86. The largest absolute Gasteiger partial charge is 0.444 e. The van der Waals surface area contributed by atoms with Crippen molar-refractivity contribution < 1.29 is 14.0 Å². The van der Waals surface area contributed by atoms with Gasteiger partial charge in [0.1, 0.15) is 0 Å². The molecule has 2 rings (SSSR count). The highest BCUT2D eigenvalue weighted by Gasteiger charge is 2.11. The van der Waals surface area contributed by atoms with E-state index in [1.54, 1.807) is 6.07 Å². The molecule has 0 aliphatic rings. The van der Waals surface area contributed by atoms with Crippen LogP contribution in [0, 0.1) is 11.8 Å². The Morgan fingerprint density at radius 1 is 1.09 bits per heavy atom. The van der Waals surface area contributed by atoms with Gasteiger partial charge in [-0.25, -0.2) is 0 Å². The Balaban J connectivity index is 1.70. The van der Waals surface area contributed by atoms with E-state index in [-0.39, 0.29) is 24.8 Å². The number of nitrogens with one attached hydrogen (secondary N) is 2. The summed E-state index contributed by atoms with van der Waals surface area (Å²) in [6.45, 7) is 0.0834. The van der Waals surface area contributed by atoms with Crippen molar-refractivity contribution in [2.45, 2.75) is 0 Å². The third kappa shape index (κ3) is 5.11. The van der Waals surface area contributed by atoms with E-state index in [0.717, 1.165) is 5.56 Å². The molecule has 1 aromatic heterocycles. The Labute approximate surface area is 136 Å². The molecule has 1 aromatic carbocycles. The molecular formula is C16H13BrN2O3. The van der Waals surface area contributed by atoms with E-state index in [1.807, 2.05) is 30.3 Å². The minimum absolute atomic E-state index is 0.135. The number of furan rings is 1. The normalized spacial score (nSPS) is 9.50. The van der Waals surface area contributed by atoms with Gasteiger partial charge in [0.05, 0.1) is 13.1 Å². The lowest BCUT2D eigenvalue weighted by Crippen LogP contribution is -2.36. The maximum absolute atomic E-state index is 11.6. The third-order valence-electron chi connectivity index (χ3n) is 2.59. The molecule has 0 fully saturated rings. The van der Waals surface area contributed by atoms with Crippen molar-refractivity contribution in [2.75, 3.05) is 13.1 Å². The van der Waals surface area contributed by atoms with Gasteiger partial charge >= 0.3 is 0 Å². The van der Waals surface area contributed by atoms with E-state index in [4.69, 9.17) is 4.42 Å². The van der Waals surface area contributed by atoms with E-state index < -0.39 is 5.91 Å². The van der Waals surface area contributed by atoms with Crippen molar-refractivity contribution in [3.8, 4) is 11.8 Å². The monoisotopic (exact) mass is 360 g/mol. The molecule has 2 amide bonds.